The van der Waals surface area contributed by atoms with E-state index in [-0.39, 0.29) is 5.41 Å². The summed E-state index contributed by atoms with van der Waals surface area (Å²) >= 11 is 0. The zero-order valence-electron chi connectivity index (χ0n) is 13.0. The van der Waals surface area contributed by atoms with Gasteiger partial charge in [-0.05, 0) is 28.2 Å². The molecule has 2 N–H and O–H groups in total. The number of fused-ring (bicyclic) bond motifs is 1. The lowest BCUT2D eigenvalue weighted by Gasteiger charge is -2.19. The van der Waals surface area contributed by atoms with Gasteiger partial charge in [0.05, 0.1) is 10.9 Å². The maximum atomic E-state index is 6.08. The van der Waals surface area contributed by atoms with Crippen molar-refractivity contribution in [1.29, 1.82) is 0 Å². The second-order valence-electron chi connectivity index (χ2n) is 6.54. The van der Waals surface area contributed by atoms with E-state index in [1.165, 1.54) is 11.1 Å². The highest BCUT2D eigenvalue weighted by Gasteiger charge is 2.15. The number of hydrogen-bond donors (Lipinski definition) is 1. The molecule has 0 aliphatic heterocycles. The van der Waals surface area contributed by atoms with E-state index in [9.17, 15) is 0 Å². The largest absolute Gasteiger partial charge is 0.382 e. The lowest BCUT2D eigenvalue weighted by atomic mass is 9.86. The number of hydrogen-bond acceptors (Lipinski definition) is 2. The Morgan fingerprint density at radius 3 is 2.29 bits per heavy atom. The van der Waals surface area contributed by atoms with Gasteiger partial charge in [0.2, 0.25) is 0 Å². The molecule has 0 aliphatic rings. The first-order chi connectivity index (χ1) is 9.88. The van der Waals surface area contributed by atoms with Crippen LogP contribution in [0, 0.1) is 0 Å². The molecule has 0 radical (unpaired) electrons. The van der Waals surface area contributed by atoms with Gasteiger partial charge in [0.1, 0.15) is 0 Å². The van der Waals surface area contributed by atoms with E-state index in [1.54, 1.807) is 0 Å². The Labute approximate surface area is 125 Å². The molecular formula is C18H21N3. The highest BCUT2D eigenvalue weighted by molar-refractivity contribution is 6.01. The minimum Gasteiger partial charge on any atom is -0.382 e. The molecule has 0 saturated carbocycles. The third kappa shape index (κ3) is 2.29. The van der Waals surface area contributed by atoms with Gasteiger partial charge in [-0.1, -0.05) is 57.2 Å². The molecule has 0 atom stereocenters. The summed E-state index contributed by atoms with van der Waals surface area (Å²) in [7, 11) is 1.92. The van der Waals surface area contributed by atoms with Crippen molar-refractivity contribution >= 4 is 16.7 Å². The molecule has 2 aromatic carbocycles. The third-order valence-corrected chi connectivity index (χ3v) is 3.97. The van der Waals surface area contributed by atoms with Crippen molar-refractivity contribution < 1.29 is 0 Å². The van der Waals surface area contributed by atoms with Gasteiger partial charge in [0.25, 0.3) is 0 Å². The number of aryl methyl sites for hydroxylation is 1. The van der Waals surface area contributed by atoms with E-state index < -0.39 is 0 Å². The lowest BCUT2D eigenvalue weighted by Crippen LogP contribution is -2.10. The average molecular weight is 279 g/mol. The quantitative estimate of drug-likeness (QED) is 0.728. The van der Waals surface area contributed by atoms with Crippen LogP contribution >= 0.6 is 0 Å². The predicted octanol–water partition coefficient (Wildman–Crippen LogP) is 4.12. The fourth-order valence-corrected chi connectivity index (χ4v) is 2.73. The minimum atomic E-state index is 0.165. The van der Waals surface area contributed by atoms with Crippen LogP contribution in [0.4, 0.5) is 5.82 Å². The number of anilines is 1. The summed E-state index contributed by atoms with van der Waals surface area (Å²) in [5.41, 5.74) is 11.0. The van der Waals surface area contributed by atoms with Crippen molar-refractivity contribution in [2.75, 3.05) is 5.73 Å². The molecule has 3 rings (SSSR count). The summed E-state index contributed by atoms with van der Waals surface area (Å²) in [4.78, 5) is 0. The van der Waals surface area contributed by atoms with Crippen LogP contribution in [0.5, 0.6) is 0 Å². The van der Waals surface area contributed by atoms with Crippen molar-refractivity contribution in [1.82, 2.24) is 9.78 Å². The SMILES string of the molecule is Cn1nc(N)c2c(-c3ccc(C(C)(C)C)cc3)cccc21. The van der Waals surface area contributed by atoms with Gasteiger partial charge in [-0.15, -0.1) is 0 Å². The molecule has 3 heteroatoms. The summed E-state index contributed by atoms with van der Waals surface area (Å²) in [6, 6.07) is 14.9. The molecule has 0 aliphatic carbocycles. The smallest absolute Gasteiger partial charge is 0.154 e. The number of benzene rings is 2. The normalized spacial score (nSPS) is 12.0. The summed E-state index contributed by atoms with van der Waals surface area (Å²) in [5, 5.41) is 5.36. The van der Waals surface area contributed by atoms with Crippen LogP contribution in [0.2, 0.25) is 0 Å². The van der Waals surface area contributed by atoms with Crippen molar-refractivity contribution in [3.8, 4) is 11.1 Å². The van der Waals surface area contributed by atoms with Crippen LogP contribution in [-0.2, 0) is 12.5 Å². The summed E-state index contributed by atoms with van der Waals surface area (Å²) in [5.74, 6) is 0.586. The van der Waals surface area contributed by atoms with Crippen LogP contribution in [0.1, 0.15) is 26.3 Å². The van der Waals surface area contributed by atoms with E-state index in [0.717, 1.165) is 16.5 Å². The summed E-state index contributed by atoms with van der Waals surface area (Å²) in [6.45, 7) is 6.67. The maximum Gasteiger partial charge on any atom is 0.154 e. The van der Waals surface area contributed by atoms with Crippen LogP contribution in [0.15, 0.2) is 42.5 Å². The highest BCUT2D eigenvalue weighted by Crippen LogP contribution is 2.33. The van der Waals surface area contributed by atoms with Gasteiger partial charge >= 0.3 is 0 Å². The Bertz CT molecular complexity index is 790. The molecule has 108 valence electrons. The number of rotatable bonds is 1. The lowest BCUT2D eigenvalue weighted by molar-refractivity contribution is 0.590. The molecule has 0 saturated heterocycles. The van der Waals surface area contributed by atoms with E-state index in [4.69, 9.17) is 5.73 Å². The number of aromatic nitrogens is 2. The Morgan fingerprint density at radius 1 is 1.00 bits per heavy atom. The van der Waals surface area contributed by atoms with Crippen LogP contribution in [-0.4, -0.2) is 9.78 Å². The molecular weight excluding hydrogens is 258 g/mol. The van der Waals surface area contributed by atoms with Gasteiger partial charge in [-0.2, -0.15) is 5.10 Å². The molecule has 0 bridgehead atoms. The van der Waals surface area contributed by atoms with Crippen molar-refractivity contribution in [2.45, 2.75) is 26.2 Å². The minimum absolute atomic E-state index is 0.165. The first kappa shape index (κ1) is 13.7. The molecule has 1 heterocycles. The van der Waals surface area contributed by atoms with Gasteiger partial charge in [0.15, 0.2) is 5.82 Å². The highest BCUT2D eigenvalue weighted by atomic mass is 15.3. The van der Waals surface area contributed by atoms with Crippen LogP contribution < -0.4 is 5.73 Å². The second kappa shape index (κ2) is 4.62. The van der Waals surface area contributed by atoms with E-state index in [0.29, 0.717) is 5.82 Å². The van der Waals surface area contributed by atoms with Crippen LogP contribution in [0.25, 0.3) is 22.0 Å². The van der Waals surface area contributed by atoms with E-state index in [1.807, 2.05) is 17.8 Å². The molecule has 0 fully saturated rings. The van der Waals surface area contributed by atoms with Gasteiger partial charge in [0, 0.05) is 7.05 Å². The summed E-state index contributed by atoms with van der Waals surface area (Å²) < 4.78 is 1.83. The fraction of sp³-hybridized carbons (Fsp3) is 0.278. The molecule has 3 nitrogen and oxygen atoms in total. The standard InChI is InChI=1S/C18H21N3/c1-18(2,3)13-10-8-12(9-11-13)14-6-5-7-15-16(14)17(19)20-21(15)4/h5-11H,1-4H3,(H2,19,20). The second-order valence-corrected chi connectivity index (χ2v) is 6.54. The molecule has 0 amide bonds. The average Bonchev–Trinajstić information content (AvgIpc) is 2.73. The molecule has 0 spiro atoms. The number of nitrogens with zero attached hydrogens (tertiary/aromatic N) is 2. The predicted molar refractivity (Wildman–Crippen MR) is 89.3 cm³/mol. The topological polar surface area (TPSA) is 43.8 Å². The summed E-state index contributed by atoms with van der Waals surface area (Å²) in [6.07, 6.45) is 0. The Morgan fingerprint density at radius 2 is 1.67 bits per heavy atom. The van der Waals surface area contributed by atoms with Crippen molar-refractivity contribution in [3.05, 3.63) is 48.0 Å². The first-order valence-corrected chi connectivity index (χ1v) is 7.20. The monoisotopic (exact) mass is 279 g/mol. The van der Waals surface area contributed by atoms with Crippen molar-refractivity contribution in [3.63, 3.8) is 0 Å². The molecule has 21 heavy (non-hydrogen) atoms. The maximum absolute atomic E-state index is 6.08. The first-order valence-electron chi connectivity index (χ1n) is 7.20. The van der Waals surface area contributed by atoms with Gasteiger partial charge < -0.3 is 5.73 Å². The van der Waals surface area contributed by atoms with E-state index in [2.05, 4.69) is 62.3 Å². The Balaban J connectivity index is 2.17. The zero-order chi connectivity index (χ0) is 15.2. The zero-order valence-corrected chi connectivity index (χ0v) is 13.0. The van der Waals surface area contributed by atoms with Crippen molar-refractivity contribution in [2.24, 2.45) is 7.05 Å². The van der Waals surface area contributed by atoms with E-state index >= 15 is 0 Å². The molecule has 0 unspecified atom stereocenters. The number of nitrogen functional groups attached to an aromatic ring is 1. The van der Waals surface area contributed by atoms with Gasteiger partial charge in [-0.25, -0.2) is 0 Å². The molecule has 3 aromatic rings. The fourth-order valence-electron chi connectivity index (χ4n) is 2.73. The number of nitrogens with two attached hydrogens (primary N) is 1. The third-order valence-electron chi connectivity index (χ3n) is 3.97. The Hall–Kier alpha value is -2.29. The Kier molecular flexibility index (Phi) is 3.01. The molecule has 1 aromatic heterocycles. The van der Waals surface area contributed by atoms with Gasteiger partial charge in [-0.3, -0.25) is 4.68 Å². The van der Waals surface area contributed by atoms with Crippen LogP contribution in [0.3, 0.4) is 0 Å².